The van der Waals surface area contributed by atoms with Crippen LogP contribution in [0.2, 0.25) is 0 Å². The average molecular weight is 458 g/mol. The standard InChI is InChI=1S/C18H20FN3O6S2/c1-29(25,26)21-5-4-12(9-21)6-11-2-3-13-8-15(23)18(17(19)14(13)7-11)22-10-16(24)20-30(22,27)28/h2-3,7-8,12,23H,4-6,9-10H2,1H3,(H,20,24)/t12-/m0/s1. The van der Waals surface area contributed by atoms with Crippen LogP contribution < -0.4 is 9.03 Å². The van der Waals surface area contributed by atoms with Crippen LogP contribution in [-0.4, -0.2) is 58.0 Å². The fourth-order valence-corrected chi connectivity index (χ4v) is 6.07. The van der Waals surface area contributed by atoms with Crippen molar-refractivity contribution >= 4 is 42.6 Å². The molecule has 12 heteroatoms. The van der Waals surface area contributed by atoms with Crippen LogP contribution in [0.3, 0.4) is 0 Å². The lowest BCUT2D eigenvalue weighted by Gasteiger charge is -2.19. The van der Waals surface area contributed by atoms with E-state index < -0.39 is 49.9 Å². The first kappa shape index (κ1) is 20.8. The number of halogens is 1. The van der Waals surface area contributed by atoms with Gasteiger partial charge in [-0.15, -0.1) is 0 Å². The van der Waals surface area contributed by atoms with E-state index >= 15 is 4.39 Å². The number of hydrogen-bond donors (Lipinski definition) is 2. The summed E-state index contributed by atoms with van der Waals surface area (Å²) in [6.07, 6.45) is 2.38. The highest BCUT2D eigenvalue weighted by atomic mass is 32.2. The van der Waals surface area contributed by atoms with Crippen molar-refractivity contribution in [3.05, 3.63) is 35.6 Å². The van der Waals surface area contributed by atoms with Crippen LogP contribution in [0, 0.1) is 11.7 Å². The quantitative estimate of drug-likeness (QED) is 0.696. The number of carbonyl (C=O) groups excluding carboxylic acids is 1. The molecule has 0 aliphatic carbocycles. The van der Waals surface area contributed by atoms with Crippen molar-refractivity contribution < 1.29 is 31.1 Å². The van der Waals surface area contributed by atoms with Gasteiger partial charge in [0.15, 0.2) is 5.82 Å². The second-order valence-electron chi connectivity index (χ2n) is 7.63. The Balaban J connectivity index is 1.69. The van der Waals surface area contributed by atoms with E-state index in [2.05, 4.69) is 0 Å². The highest BCUT2D eigenvalue weighted by Crippen LogP contribution is 2.39. The number of aromatic hydroxyl groups is 1. The molecule has 2 N–H and O–H groups in total. The first-order valence-electron chi connectivity index (χ1n) is 9.18. The minimum Gasteiger partial charge on any atom is -0.506 e. The van der Waals surface area contributed by atoms with Crippen molar-refractivity contribution in [3.8, 4) is 5.75 Å². The number of fused-ring (bicyclic) bond motifs is 1. The first-order valence-corrected chi connectivity index (χ1v) is 12.5. The first-order chi connectivity index (χ1) is 14.0. The number of carbonyl (C=O) groups is 1. The third-order valence-electron chi connectivity index (χ3n) is 5.41. The van der Waals surface area contributed by atoms with E-state index in [0.717, 1.165) is 5.56 Å². The molecule has 2 aliphatic heterocycles. The highest BCUT2D eigenvalue weighted by Gasteiger charge is 2.38. The molecule has 2 saturated heterocycles. The number of benzene rings is 2. The number of anilines is 1. The van der Waals surface area contributed by atoms with Gasteiger partial charge in [-0.25, -0.2) is 26.1 Å². The maximum Gasteiger partial charge on any atom is 0.326 e. The predicted molar refractivity (Wildman–Crippen MR) is 108 cm³/mol. The van der Waals surface area contributed by atoms with Crippen molar-refractivity contribution in [1.82, 2.24) is 9.03 Å². The number of nitrogens with zero attached hydrogens (tertiary/aromatic N) is 2. The maximum absolute atomic E-state index is 15.3. The van der Waals surface area contributed by atoms with E-state index in [1.54, 1.807) is 22.9 Å². The van der Waals surface area contributed by atoms with Gasteiger partial charge >= 0.3 is 10.2 Å². The molecule has 1 amide bonds. The smallest absolute Gasteiger partial charge is 0.326 e. The zero-order valence-electron chi connectivity index (χ0n) is 16.0. The molecule has 1 atom stereocenters. The lowest BCUT2D eigenvalue weighted by molar-refractivity contribution is -0.117. The summed E-state index contributed by atoms with van der Waals surface area (Å²) in [5.41, 5.74) is 0.180. The van der Waals surface area contributed by atoms with Crippen LogP contribution in [0.25, 0.3) is 10.8 Å². The SMILES string of the molecule is CS(=O)(=O)N1CC[C@@H](Cc2ccc3cc(O)c(N4CC(=O)NS4(=O)=O)c(F)c3c2)C1. The van der Waals surface area contributed by atoms with Crippen LogP contribution in [-0.2, 0) is 31.4 Å². The second kappa shape index (κ2) is 7.06. The molecule has 0 saturated carbocycles. The molecule has 30 heavy (non-hydrogen) atoms. The van der Waals surface area contributed by atoms with Gasteiger partial charge in [-0.05, 0) is 41.8 Å². The largest absolute Gasteiger partial charge is 0.506 e. The molecule has 162 valence electrons. The molecular weight excluding hydrogens is 437 g/mol. The number of phenolic OH excluding ortho intramolecular Hbond substituents is 1. The van der Waals surface area contributed by atoms with E-state index in [0.29, 0.717) is 35.6 Å². The summed E-state index contributed by atoms with van der Waals surface area (Å²) < 4.78 is 66.5. The summed E-state index contributed by atoms with van der Waals surface area (Å²) in [7, 11) is -7.54. The van der Waals surface area contributed by atoms with Gasteiger partial charge in [-0.1, -0.05) is 12.1 Å². The monoisotopic (exact) mass is 457 g/mol. The molecular formula is C18H20FN3O6S2. The molecule has 0 bridgehead atoms. The Kier molecular flexibility index (Phi) is 4.90. The summed E-state index contributed by atoms with van der Waals surface area (Å²) in [6, 6.07) is 6.19. The minimum absolute atomic E-state index is 0.0811. The van der Waals surface area contributed by atoms with E-state index in [1.165, 1.54) is 16.6 Å². The fraction of sp³-hybridized carbons (Fsp3) is 0.389. The lowest BCUT2D eigenvalue weighted by Crippen LogP contribution is -2.30. The number of rotatable bonds is 4. The van der Waals surface area contributed by atoms with E-state index in [4.69, 9.17) is 0 Å². The van der Waals surface area contributed by atoms with Crippen molar-refractivity contribution in [2.45, 2.75) is 12.8 Å². The molecule has 2 heterocycles. The zero-order chi connectivity index (χ0) is 21.8. The molecule has 0 radical (unpaired) electrons. The molecule has 2 aliphatic rings. The molecule has 9 nitrogen and oxygen atoms in total. The van der Waals surface area contributed by atoms with Gasteiger partial charge in [0.05, 0.1) is 6.26 Å². The van der Waals surface area contributed by atoms with Crippen LogP contribution in [0.15, 0.2) is 24.3 Å². The van der Waals surface area contributed by atoms with Gasteiger partial charge in [0.1, 0.15) is 18.0 Å². The number of sulfonamides is 1. The Morgan fingerprint density at radius 3 is 2.63 bits per heavy atom. The van der Waals surface area contributed by atoms with Gasteiger partial charge in [-0.2, -0.15) is 8.42 Å². The Morgan fingerprint density at radius 1 is 1.30 bits per heavy atom. The van der Waals surface area contributed by atoms with Crippen molar-refractivity contribution in [2.24, 2.45) is 5.92 Å². The predicted octanol–water partition coefficient (Wildman–Crippen LogP) is 0.690. The minimum atomic E-state index is -4.28. The summed E-state index contributed by atoms with van der Waals surface area (Å²) in [4.78, 5) is 11.5. The number of amides is 1. The van der Waals surface area contributed by atoms with Crippen LogP contribution in [0.1, 0.15) is 12.0 Å². The highest BCUT2D eigenvalue weighted by molar-refractivity contribution is 7.92. The van der Waals surface area contributed by atoms with Crippen LogP contribution in [0.5, 0.6) is 5.75 Å². The van der Waals surface area contributed by atoms with Gasteiger partial charge in [0.25, 0.3) is 5.91 Å². The van der Waals surface area contributed by atoms with E-state index in [9.17, 15) is 26.7 Å². The fourth-order valence-electron chi connectivity index (χ4n) is 3.98. The van der Waals surface area contributed by atoms with Crippen LogP contribution in [0.4, 0.5) is 10.1 Å². The van der Waals surface area contributed by atoms with E-state index in [1.807, 2.05) is 0 Å². The number of nitrogens with one attached hydrogen (secondary N) is 1. The van der Waals surface area contributed by atoms with Gasteiger partial charge < -0.3 is 5.11 Å². The van der Waals surface area contributed by atoms with E-state index in [-0.39, 0.29) is 11.3 Å². The van der Waals surface area contributed by atoms with Gasteiger partial charge in [0, 0.05) is 18.5 Å². The van der Waals surface area contributed by atoms with Crippen molar-refractivity contribution in [2.75, 3.05) is 30.2 Å². The third-order valence-corrected chi connectivity index (χ3v) is 8.06. The Hall–Kier alpha value is -2.44. The Labute approximate surface area is 173 Å². The summed E-state index contributed by atoms with van der Waals surface area (Å²) >= 11 is 0. The van der Waals surface area contributed by atoms with Gasteiger partial charge in [0.2, 0.25) is 10.0 Å². The average Bonchev–Trinajstić information content (AvgIpc) is 3.19. The lowest BCUT2D eigenvalue weighted by atomic mass is 9.96. The molecule has 0 unspecified atom stereocenters. The number of hydrogen-bond acceptors (Lipinski definition) is 6. The zero-order valence-corrected chi connectivity index (χ0v) is 17.6. The van der Waals surface area contributed by atoms with Crippen molar-refractivity contribution in [3.63, 3.8) is 0 Å². The molecule has 0 spiro atoms. The summed E-state index contributed by atoms with van der Waals surface area (Å²) in [5, 5.41) is 10.7. The topological polar surface area (TPSA) is 124 Å². The third kappa shape index (κ3) is 3.70. The number of phenols is 1. The molecule has 2 fully saturated rings. The maximum atomic E-state index is 15.3. The van der Waals surface area contributed by atoms with Crippen molar-refractivity contribution in [1.29, 1.82) is 0 Å². The van der Waals surface area contributed by atoms with Gasteiger partial charge in [-0.3, -0.25) is 4.79 Å². The summed E-state index contributed by atoms with van der Waals surface area (Å²) in [5.74, 6) is -2.28. The normalized spacial score (nSPS) is 22.0. The second-order valence-corrected chi connectivity index (χ2v) is 11.2. The van der Waals surface area contributed by atoms with Crippen LogP contribution >= 0.6 is 0 Å². The molecule has 2 aromatic rings. The Bertz CT molecular complexity index is 1260. The molecule has 4 rings (SSSR count). The Morgan fingerprint density at radius 2 is 2.03 bits per heavy atom. The molecule has 0 aromatic heterocycles. The molecule has 2 aromatic carbocycles. The summed E-state index contributed by atoms with van der Waals surface area (Å²) in [6.45, 7) is 0.207.